The van der Waals surface area contributed by atoms with Gasteiger partial charge < -0.3 is 4.90 Å². The average molecular weight is 230 g/mol. The average Bonchev–Trinajstić information content (AvgIpc) is 2.42. The van der Waals surface area contributed by atoms with Crippen molar-refractivity contribution in [1.82, 2.24) is 14.7 Å². The number of nitrogens with zero attached hydrogens (tertiary/aromatic N) is 3. The summed E-state index contributed by atoms with van der Waals surface area (Å²) in [4.78, 5) is 2.29. The zero-order chi connectivity index (χ0) is 11.4. The summed E-state index contributed by atoms with van der Waals surface area (Å²) in [5.74, 6) is 0. The van der Waals surface area contributed by atoms with Crippen molar-refractivity contribution in [2.24, 2.45) is 7.05 Å². The lowest BCUT2D eigenvalue weighted by Crippen LogP contribution is -2.19. The molecule has 0 bridgehead atoms. The molecule has 0 radical (unpaired) electrons. The summed E-state index contributed by atoms with van der Waals surface area (Å²) in [6.45, 7) is 6.21. The van der Waals surface area contributed by atoms with Crippen LogP contribution in [-0.4, -0.2) is 28.3 Å². The van der Waals surface area contributed by atoms with Crippen LogP contribution in [0, 0.1) is 6.92 Å². The molecule has 0 atom stereocenters. The van der Waals surface area contributed by atoms with Crippen molar-refractivity contribution in [3.63, 3.8) is 0 Å². The van der Waals surface area contributed by atoms with Crippen LogP contribution >= 0.6 is 11.6 Å². The Morgan fingerprint density at radius 3 is 2.60 bits per heavy atom. The first-order chi connectivity index (χ1) is 7.06. The Morgan fingerprint density at radius 1 is 1.47 bits per heavy atom. The zero-order valence-corrected chi connectivity index (χ0v) is 10.8. The molecule has 1 rings (SSSR count). The lowest BCUT2D eigenvalue weighted by molar-refractivity contribution is 0.320. The normalized spacial score (nSPS) is 11.3. The van der Waals surface area contributed by atoms with E-state index in [4.69, 9.17) is 11.6 Å². The van der Waals surface area contributed by atoms with Gasteiger partial charge in [0.25, 0.3) is 0 Å². The zero-order valence-electron chi connectivity index (χ0n) is 10.0. The van der Waals surface area contributed by atoms with Crippen LogP contribution in [0.15, 0.2) is 0 Å². The number of unbranched alkanes of at least 4 members (excludes halogenated alkanes) is 1. The maximum atomic E-state index is 6.17. The summed E-state index contributed by atoms with van der Waals surface area (Å²) < 4.78 is 1.74. The van der Waals surface area contributed by atoms with Gasteiger partial charge in [0.15, 0.2) is 0 Å². The van der Waals surface area contributed by atoms with Crippen LogP contribution in [0.2, 0.25) is 5.15 Å². The van der Waals surface area contributed by atoms with Crippen molar-refractivity contribution in [3.05, 3.63) is 16.4 Å². The van der Waals surface area contributed by atoms with E-state index in [2.05, 4.69) is 24.0 Å². The highest BCUT2D eigenvalue weighted by Gasteiger charge is 2.12. The SMILES string of the molecule is CCCCN(C)Cc1c(C)nn(C)c1Cl. The molecule has 0 aliphatic rings. The van der Waals surface area contributed by atoms with Crippen LogP contribution in [0.5, 0.6) is 0 Å². The first-order valence-electron chi connectivity index (χ1n) is 5.42. The standard InChI is InChI=1S/C11H20ClN3/c1-5-6-7-14(3)8-10-9(2)13-15(4)11(10)12/h5-8H2,1-4H3. The van der Waals surface area contributed by atoms with Crippen LogP contribution in [0.3, 0.4) is 0 Å². The minimum atomic E-state index is 0.760. The quantitative estimate of drug-likeness (QED) is 0.774. The molecule has 1 aromatic heterocycles. The summed E-state index contributed by atoms with van der Waals surface area (Å²) in [6, 6.07) is 0. The Hall–Kier alpha value is -0.540. The van der Waals surface area contributed by atoms with Gasteiger partial charge in [0, 0.05) is 19.2 Å². The molecule has 3 nitrogen and oxygen atoms in total. The number of rotatable bonds is 5. The molecule has 1 aromatic rings. The fraction of sp³-hybridized carbons (Fsp3) is 0.727. The highest BCUT2D eigenvalue weighted by atomic mass is 35.5. The van der Waals surface area contributed by atoms with Gasteiger partial charge in [-0.1, -0.05) is 24.9 Å². The van der Waals surface area contributed by atoms with Gasteiger partial charge in [0.2, 0.25) is 0 Å². The fourth-order valence-electron chi connectivity index (χ4n) is 1.63. The predicted molar refractivity (Wildman–Crippen MR) is 64.2 cm³/mol. The van der Waals surface area contributed by atoms with Gasteiger partial charge in [-0.25, -0.2) is 0 Å². The number of hydrogen-bond donors (Lipinski definition) is 0. The van der Waals surface area contributed by atoms with Crippen LogP contribution in [-0.2, 0) is 13.6 Å². The van der Waals surface area contributed by atoms with E-state index in [0.29, 0.717) is 0 Å². The first kappa shape index (κ1) is 12.5. The van der Waals surface area contributed by atoms with Gasteiger partial charge in [-0.15, -0.1) is 0 Å². The molecule has 86 valence electrons. The molecule has 0 aliphatic carbocycles. The molecule has 0 aromatic carbocycles. The van der Waals surface area contributed by atoms with E-state index in [-0.39, 0.29) is 0 Å². The van der Waals surface area contributed by atoms with Gasteiger partial charge in [0.1, 0.15) is 5.15 Å². The summed E-state index contributed by atoms with van der Waals surface area (Å²) in [7, 11) is 4.00. The lowest BCUT2D eigenvalue weighted by atomic mass is 10.2. The third-order valence-corrected chi connectivity index (χ3v) is 3.06. The minimum Gasteiger partial charge on any atom is -0.302 e. The predicted octanol–water partition coefficient (Wildman–Crippen LogP) is 2.61. The number of aromatic nitrogens is 2. The second-order valence-electron chi connectivity index (χ2n) is 4.07. The van der Waals surface area contributed by atoms with E-state index in [0.717, 1.165) is 29.5 Å². The second kappa shape index (κ2) is 5.52. The molecule has 0 spiro atoms. The largest absolute Gasteiger partial charge is 0.302 e. The second-order valence-corrected chi connectivity index (χ2v) is 4.43. The molecular formula is C11H20ClN3. The van der Waals surface area contributed by atoms with Crippen molar-refractivity contribution in [1.29, 1.82) is 0 Å². The number of aryl methyl sites for hydroxylation is 2. The van der Waals surface area contributed by atoms with Crippen molar-refractivity contribution in [2.75, 3.05) is 13.6 Å². The van der Waals surface area contributed by atoms with Crippen molar-refractivity contribution < 1.29 is 0 Å². The smallest absolute Gasteiger partial charge is 0.131 e. The Bertz CT molecular complexity index is 320. The minimum absolute atomic E-state index is 0.760. The van der Waals surface area contributed by atoms with Crippen LogP contribution < -0.4 is 0 Å². The van der Waals surface area contributed by atoms with Crippen molar-refractivity contribution in [3.8, 4) is 0 Å². The molecule has 0 saturated carbocycles. The molecular weight excluding hydrogens is 210 g/mol. The summed E-state index contributed by atoms with van der Waals surface area (Å²) in [5.41, 5.74) is 2.18. The van der Waals surface area contributed by atoms with Gasteiger partial charge in [-0.3, -0.25) is 4.68 Å². The topological polar surface area (TPSA) is 21.1 Å². The summed E-state index contributed by atoms with van der Waals surface area (Å²) in [6.07, 6.45) is 2.46. The Kier molecular flexibility index (Phi) is 4.61. The van der Waals surface area contributed by atoms with Gasteiger partial charge in [-0.2, -0.15) is 5.10 Å². The third-order valence-electron chi connectivity index (χ3n) is 2.59. The van der Waals surface area contributed by atoms with E-state index < -0.39 is 0 Å². The highest BCUT2D eigenvalue weighted by Crippen LogP contribution is 2.19. The summed E-state index contributed by atoms with van der Waals surface area (Å²) in [5, 5.41) is 5.06. The molecule has 15 heavy (non-hydrogen) atoms. The van der Waals surface area contributed by atoms with Gasteiger partial charge in [-0.05, 0) is 26.9 Å². The molecule has 0 fully saturated rings. The molecule has 0 amide bonds. The maximum absolute atomic E-state index is 6.17. The van der Waals surface area contributed by atoms with Gasteiger partial charge >= 0.3 is 0 Å². The molecule has 0 saturated heterocycles. The molecule has 1 heterocycles. The Balaban J connectivity index is 2.63. The number of halogens is 1. The van der Waals surface area contributed by atoms with Crippen LogP contribution in [0.1, 0.15) is 31.0 Å². The number of hydrogen-bond acceptors (Lipinski definition) is 2. The van der Waals surface area contributed by atoms with Crippen LogP contribution in [0.25, 0.3) is 0 Å². The highest BCUT2D eigenvalue weighted by molar-refractivity contribution is 6.30. The first-order valence-corrected chi connectivity index (χ1v) is 5.80. The molecule has 4 heteroatoms. The van der Waals surface area contributed by atoms with Crippen LogP contribution in [0.4, 0.5) is 0 Å². The third kappa shape index (κ3) is 3.21. The molecule has 0 N–H and O–H groups in total. The molecule has 0 aliphatic heterocycles. The Labute approximate surface area is 97.0 Å². The summed E-state index contributed by atoms with van der Waals surface area (Å²) >= 11 is 6.17. The maximum Gasteiger partial charge on any atom is 0.131 e. The van der Waals surface area contributed by atoms with E-state index in [1.165, 1.54) is 12.8 Å². The van der Waals surface area contributed by atoms with E-state index in [1.54, 1.807) is 4.68 Å². The van der Waals surface area contributed by atoms with E-state index in [9.17, 15) is 0 Å². The Morgan fingerprint density at radius 2 is 2.13 bits per heavy atom. The van der Waals surface area contributed by atoms with E-state index >= 15 is 0 Å². The van der Waals surface area contributed by atoms with E-state index in [1.807, 2.05) is 14.0 Å². The molecule has 0 unspecified atom stereocenters. The van der Waals surface area contributed by atoms with Crippen molar-refractivity contribution >= 4 is 11.6 Å². The lowest BCUT2D eigenvalue weighted by Gasteiger charge is -2.15. The monoisotopic (exact) mass is 229 g/mol. The fourth-order valence-corrected chi connectivity index (χ4v) is 1.86. The van der Waals surface area contributed by atoms with Gasteiger partial charge in [0.05, 0.1) is 5.69 Å². The van der Waals surface area contributed by atoms with Crippen molar-refractivity contribution in [2.45, 2.75) is 33.2 Å².